The summed E-state index contributed by atoms with van der Waals surface area (Å²) in [6.07, 6.45) is 3.74. The van der Waals surface area contributed by atoms with E-state index in [9.17, 15) is 0 Å². The van der Waals surface area contributed by atoms with Crippen LogP contribution in [-0.2, 0) is 9.47 Å². The average Bonchev–Trinajstić information content (AvgIpc) is 2.23. The highest BCUT2D eigenvalue weighted by Crippen LogP contribution is 2.03. The van der Waals surface area contributed by atoms with Crippen molar-refractivity contribution < 1.29 is 9.47 Å². The summed E-state index contributed by atoms with van der Waals surface area (Å²) in [5.74, 6) is 0. The van der Waals surface area contributed by atoms with Gasteiger partial charge in [0.2, 0.25) is 0 Å². The van der Waals surface area contributed by atoms with Crippen molar-refractivity contribution in [1.82, 2.24) is 5.32 Å². The Balaban J connectivity index is 3.35. The van der Waals surface area contributed by atoms with E-state index in [1.54, 1.807) is 7.11 Å². The van der Waals surface area contributed by atoms with Gasteiger partial charge in [-0.25, -0.2) is 0 Å². The fourth-order valence-corrected chi connectivity index (χ4v) is 1.64. The summed E-state index contributed by atoms with van der Waals surface area (Å²) in [5, 5.41) is 3.47. The third-order valence-corrected chi connectivity index (χ3v) is 2.49. The predicted molar refractivity (Wildman–Crippen MR) is 64.3 cm³/mol. The Morgan fingerprint density at radius 2 is 2.00 bits per heavy atom. The molecular formula is C12H27NO2. The van der Waals surface area contributed by atoms with Crippen molar-refractivity contribution in [3.8, 4) is 0 Å². The summed E-state index contributed by atoms with van der Waals surface area (Å²) in [6, 6.07) is 0.649. The van der Waals surface area contributed by atoms with E-state index in [1.807, 2.05) is 6.92 Å². The molecule has 0 aromatic rings. The molecule has 0 bridgehead atoms. The highest BCUT2D eigenvalue weighted by atomic mass is 16.5. The molecule has 15 heavy (non-hydrogen) atoms. The van der Waals surface area contributed by atoms with Crippen LogP contribution in [0.25, 0.3) is 0 Å². The van der Waals surface area contributed by atoms with Gasteiger partial charge in [0.25, 0.3) is 0 Å². The van der Waals surface area contributed by atoms with Gasteiger partial charge in [0.1, 0.15) is 0 Å². The standard InChI is InChI=1S/C12H27NO2/c1-5-12(13-6-2)8-7-9-15-11(3)10-14-4/h11-13H,5-10H2,1-4H3. The SMILES string of the molecule is CCNC(CC)CCCOC(C)COC. The molecule has 3 heteroatoms. The lowest BCUT2D eigenvalue weighted by Crippen LogP contribution is -2.28. The first kappa shape index (κ1) is 14.9. The van der Waals surface area contributed by atoms with Crippen LogP contribution in [0.15, 0.2) is 0 Å². The van der Waals surface area contributed by atoms with Gasteiger partial charge in [-0.1, -0.05) is 13.8 Å². The molecule has 0 spiro atoms. The molecule has 0 aromatic heterocycles. The van der Waals surface area contributed by atoms with Crippen LogP contribution in [0.1, 0.15) is 40.0 Å². The first-order valence-electron chi connectivity index (χ1n) is 6.08. The molecule has 1 N–H and O–H groups in total. The van der Waals surface area contributed by atoms with E-state index in [-0.39, 0.29) is 6.10 Å². The minimum Gasteiger partial charge on any atom is -0.382 e. The first-order valence-corrected chi connectivity index (χ1v) is 6.08. The summed E-state index contributed by atoms with van der Waals surface area (Å²) in [7, 11) is 1.71. The van der Waals surface area contributed by atoms with E-state index < -0.39 is 0 Å². The minimum atomic E-state index is 0.217. The quantitative estimate of drug-likeness (QED) is 0.569. The molecule has 0 rings (SSSR count). The summed E-state index contributed by atoms with van der Waals surface area (Å²) in [4.78, 5) is 0. The van der Waals surface area contributed by atoms with Gasteiger partial charge >= 0.3 is 0 Å². The number of rotatable bonds is 10. The van der Waals surface area contributed by atoms with E-state index >= 15 is 0 Å². The second-order valence-corrected chi connectivity index (χ2v) is 3.94. The lowest BCUT2D eigenvalue weighted by atomic mass is 10.1. The second-order valence-electron chi connectivity index (χ2n) is 3.94. The van der Waals surface area contributed by atoms with Crippen LogP contribution in [0.5, 0.6) is 0 Å². The van der Waals surface area contributed by atoms with Crippen molar-refractivity contribution in [3.05, 3.63) is 0 Å². The largest absolute Gasteiger partial charge is 0.382 e. The fourth-order valence-electron chi connectivity index (χ4n) is 1.64. The van der Waals surface area contributed by atoms with Crippen LogP contribution in [0.2, 0.25) is 0 Å². The van der Waals surface area contributed by atoms with Gasteiger partial charge < -0.3 is 14.8 Å². The average molecular weight is 217 g/mol. The lowest BCUT2D eigenvalue weighted by molar-refractivity contribution is 0.00709. The zero-order valence-electron chi connectivity index (χ0n) is 10.7. The summed E-state index contributed by atoms with van der Waals surface area (Å²) >= 11 is 0. The van der Waals surface area contributed by atoms with Crippen LogP contribution in [0, 0.1) is 0 Å². The van der Waals surface area contributed by atoms with Gasteiger partial charge in [0.05, 0.1) is 12.7 Å². The van der Waals surface area contributed by atoms with Crippen LogP contribution in [0.3, 0.4) is 0 Å². The van der Waals surface area contributed by atoms with Gasteiger partial charge in [-0.05, 0) is 32.7 Å². The molecule has 2 unspecified atom stereocenters. The van der Waals surface area contributed by atoms with Gasteiger partial charge in [-0.15, -0.1) is 0 Å². The van der Waals surface area contributed by atoms with E-state index in [4.69, 9.17) is 9.47 Å². The fraction of sp³-hybridized carbons (Fsp3) is 1.00. The third kappa shape index (κ3) is 8.85. The Kier molecular flexibility index (Phi) is 10.3. The Morgan fingerprint density at radius 3 is 2.53 bits per heavy atom. The highest BCUT2D eigenvalue weighted by Gasteiger charge is 2.05. The molecule has 92 valence electrons. The maximum Gasteiger partial charge on any atom is 0.0780 e. The number of hydrogen-bond acceptors (Lipinski definition) is 3. The molecule has 0 amide bonds. The van der Waals surface area contributed by atoms with Crippen molar-refractivity contribution in [2.75, 3.05) is 26.9 Å². The maximum absolute atomic E-state index is 5.60. The van der Waals surface area contributed by atoms with Crippen molar-refractivity contribution in [2.24, 2.45) is 0 Å². The molecule has 0 aliphatic carbocycles. The van der Waals surface area contributed by atoms with Crippen LogP contribution >= 0.6 is 0 Å². The number of hydrogen-bond donors (Lipinski definition) is 1. The van der Waals surface area contributed by atoms with E-state index in [0.717, 1.165) is 19.6 Å². The van der Waals surface area contributed by atoms with Crippen molar-refractivity contribution in [1.29, 1.82) is 0 Å². The van der Waals surface area contributed by atoms with Gasteiger partial charge in [0, 0.05) is 19.8 Å². The maximum atomic E-state index is 5.60. The Bertz CT molecular complexity index is 131. The molecule has 0 aliphatic rings. The summed E-state index contributed by atoms with van der Waals surface area (Å²) in [6.45, 7) is 9.00. The lowest BCUT2D eigenvalue weighted by Gasteiger charge is -2.16. The van der Waals surface area contributed by atoms with Crippen molar-refractivity contribution >= 4 is 0 Å². The third-order valence-electron chi connectivity index (χ3n) is 2.49. The number of ether oxygens (including phenoxy) is 2. The van der Waals surface area contributed by atoms with Crippen molar-refractivity contribution in [3.63, 3.8) is 0 Å². The Labute approximate surface area is 94.5 Å². The molecule has 0 saturated heterocycles. The zero-order valence-corrected chi connectivity index (χ0v) is 10.7. The minimum absolute atomic E-state index is 0.217. The van der Waals surface area contributed by atoms with E-state index in [0.29, 0.717) is 12.6 Å². The smallest absolute Gasteiger partial charge is 0.0780 e. The predicted octanol–water partition coefficient (Wildman–Crippen LogP) is 2.21. The molecule has 0 aliphatic heterocycles. The Morgan fingerprint density at radius 1 is 1.27 bits per heavy atom. The molecule has 0 fully saturated rings. The molecule has 0 heterocycles. The first-order chi connectivity index (χ1) is 7.24. The second kappa shape index (κ2) is 10.4. The topological polar surface area (TPSA) is 30.5 Å². The molecular weight excluding hydrogens is 190 g/mol. The Hall–Kier alpha value is -0.120. The van der Waals surface area contributed by atoms with Crippen LogP contribution < -0.4 is 5.32 Å². The van der Waals surface area contributed by atoms with Crippen molar-refractivity contribution in [2.45, 2.75) is 52.2 Å². The van der Waals surface area contributed by atoms with E-state index in [2.05, 4.69) is 19.2 Å². The van der Waals surface area contributed by atoms with Gasteiger partial charge in [-0.3, -0.25) is 0 Å². The molecule has 0 saturated carbocycles. The zero-order chi connectivity index (χ0) is 11.5. The normalized spacial score (nSPS) is 15.2. The molecule has 2 atom stereocenters. The molecule has 3 nitrogen and oxygen atoms in total. The monoisotopic (exact) mass is 217 g/mol. The van der Waals surface area contributed by atoms with Crippen LogP contribution in [-0.4, -0.2) is 39.0 Å². The van der Waals surface area contributed by atoms with Gasteiger partial charge in [-0.2, -0.15) is 0 Å². The molecule has 0 aromatic carbocycles. The van der Waals surface area contributed by atoms with Gasteiger partial charge in [0.15, 0.2) is 0 Å². The highest BCUT2D eigenvalue weighted by molar-refractivity contribution is 4.63. The number of methoxy groups -OCH3 is 1. The molecule has 0 radical (unpaired) electrons. The summed E-state index contributed by atoms with van der Waals surface area (Å²) in [5.41, 5.74) is 0. The van der Waals surface area contributed by atoms with Crippen LogP contribution in [0.4, 0.5) is 0 Å². The number of nitrogens with one attached hydrogen (secondary N) is 1. The summed E-state index contributed by atoms with van der Waals surface area (Å²) < 4.78 is 10.6. The van der Waals surface area contributed by atoms with E-state index in [1.165, 1.54) is 12.8 Å².